The fraction of sp³-hybridized carbons (Fsp3) is 0.154. The van der Waals surface area contributed by atoms with E-state index in [2.05, 4.69) is 4.99 Å². The Balaban J connectivity index is 2.05. The lowest BCUT2D eigenvalue weighted by Crippen LogP contribution is -2.13. The fourth-order valence-electron chi connectivity index (χ4n) is 1.37. The fourth-order valence-corrected chi connectivity index (χ4v) is 1.37. The highest BCUT2D eigenvalue weighted by atomic mass is 19.3. The molecule has 0 N–H and O–H groups in total. The van der Waals surface area contributed by atoms with Crippen molar-refractivity contribution in [2.45, 2.75) is 12.3 Å². The molecule has 0 atom stereocenters. The Labute approximate surface area is 92.8 Å². The molecule has 0 bridgehead atoms. The van der Waals surface area contributed by atoms with Crippen molar-refractivity contribution in [1.82, 2.24) is 0 Å². The molecule has 2 rings (SSSR count). The monoisotopic (exact) mass is 219 g/mol. The molecule has 1 aromatic rings. The van der Waals surface area contributed by atoms with Crippen LogP contribution in [-0.2, 0) is 0 Å². The minimum Gasteiger partial charge on any atom is -0.256 e. The molecular formula is C13H11F2N. The zero-order valence-electron chi connectivity index (χ0n) is 8.61. The van der Waals surface area contributed by atoms with Crippen molar-refractivity contribution in [1.29, 1.82) is 0 Å². The first-order valence-corrected chi connectivity index (χ1v) is 5.02. The zero-order valence-corrected chi connectivity index (χ0v) is 8.61. The predicted molar refractivity (Wildman–Crippen MR) is 61.4 cm³/mol. The topological polar surface area (TPSA) is 12.4 Å². The van der Waals surface area contributed by atoms with Gasteiger partial charge in [-0.2, -0.15) is 0 Å². The summed E-state index contributed by atoms with van der Waals surface area (Å²) in [4.78, 5) is 4.19. The first kappa shape index (κ1) is 10.7. The van der Waals surface area contributed by atoms with E-state index in [1.54, 1.807) is 6.21 Å². The van der Waals surface area contributed by atoms with Gasteiger partial charge in [0.15, 0.2) is 0 Å². The van der Waals surface area contributed by atoms with Gasteiger partial charge in [0.25, 0.3) is 5.92 Å². The number of hydrogen-bond acceptors (Lipinski definition) is 1. The third-order valence-electron chi connectivity index (χ3n) is 2.25. The molecule has 0 unspecified atom stereocenters. The SMILES string of the molecule is FC1(F)C=CC(C=Nc2ccccc2)=CC1. The smallest absolute Gasteiger partial charge is 0.256 e. The number of allylic oxidation sites excluding steroid dienone is 4. The number of para-hydroxylation sites is 1. The minimum atomic E-state index is -2.70. The molecule has 1 aliphatic carbocycles. The summed E-state index contributed by atoms with van der Waals surface area (Å²) in [5.41, 5.74) is 1.53. The largest absolute Gasteiger partial charge is 0.270 e. The number of nitrogens with zero attached hydrogens (tertiary/aromatic N) is 1. The molecule has 0 aliphatic heterocycles. The second-order valence-corrected chi connectivity index (χ2v) is 3.60. The summed E-state index contributed by atoms with van der Waals surface area (Å²) in [6.07, 6.45) is 5.16. The van der Waals surface area contributed by atoms with E-state index in [9.17, 15) is 8.78 Å². The molecule has 0 saturated heterocycles. The van der Waals surface area contributed by atoms with Gasteiger partial charge in [-0.3, -0.25) is 4.99 Å². The molecule has 0 aromatic heterocycles. The van der Waals surface area contributed by atoms with Crippen LogP contribution in [-0.4, -0.2) is 12.1 Å². The lowest BCUT2D eigenvalue weighted by molar-refractivity contribution is 0.0574. The average Bonchev–Trinajstić information content (AvgIpc) is 2.29. The lowest BCUT2D eigenvalue weighted by atomic mass is 10.1. The van der Waals surface area contributed by atoms with E-state index >= 15 is 0 Å². The highest BCUT2D eigenvalue weighted by Gasteiger charge is 2.25. The molecule has 16 heavy (non-hydrogen) atoms. The maximum Gasteiger partial charge on any atom is 0.270 e. The first-order chi connectivity index (χ1) is 7.66. The Morgan fingerprint density at radius 1 is 1.19 bits per heavy atom. The van der Waals surface area contributed by atoms with Gasteiger partial charge < -0.3 is 0 Å². The van der Waals surface area contributed by atoms with Crippen molar-refractivity contribution in [2.75, 3.05) is 0 Å². The van der Waals surface area contributed by atoms with E-state index < -0.39 is 5.92 Å². The van der Waals surface area contributed by atoms with Crippen LogP contribution >= 0.6 is 0 Å². The van der Waals surface area contributed by atoms with Crippen molar-refractivity contribution in [3.63, 3.8) is 0 Å². The van der Waals surface area contributed by atoms with Crippen LogP contribution in [0.5, 0.6) is 0 Å². The van der Waals surface area contributed by atoms with Gasteiger partial charge in [0.2, 0.25) is 0 Å². The lowest BCUT2D eigenvalue weighted by Gasteiger charge is -2.12. The van der Waals surface area contributed by atoms with Crippen LogP contribution < -0.4 is 0 Å². The number of halogens is 2. The third kappa shape index (κ3) is 2.86. The van der Waals surface area contributed by atoms with Gasteiger partial charge in [-0.1, -0.05) is 30.4 Å². The maximum absolute atomic E-state index is 12.8. The van der Waals surface area contributed by atoms with Crippen LogP contribution in [0.4, 0.5) is 14.5 Å². The van der Waals surface area contributed by atoms with Crippen molar-refractivity contribution in [3.05, 3.63) is 54.1 Å². The Kier molecular flexibility index (Phi) is 2.95. The van der Waals surface area contributed by atoms with E-state index in [4.69, 9.17) is 0 Å². The molecule has 0 spiro atoms. The van der Waals surface area contributed by atoms with E-state index in [-0.39, 0.29) is 6.42 Å². The summed E-state index contributed by atoms with van der Waals surface area (Å²) in [6, 6.07) is 9.38. The number of benzene rings is 1. The number of alkyl halides is 2. The number of rotatable bonds is 2. The molecule has 3 heteroatoms. The van der Waals surface area contributed by atoms with E-state index in [1.165, 1.54) is 12.2 Å². The normalized spacial score (nSPS) is 18.8. The Morgan fingerprint density at radius 3 is 2.56 bits per heavy atom. The van der Waals surface area contributed by atoms with Crippen LogP contribution in [0.15, 0.2) is 59.1 Å². The highest BCUT2D eigenvalue weighted by molar-refractivity contribution is 5.84. The van der Waals surface area contributed by atoms with Crippen LogP contribution in [0, 0.1) is 0 Å². The zero-order chi connectivity index (χ0) is 11.4. The summed E-state index contributed by atoms with van der Waals surface area (Å²) in [6.45, 7) is 0. The van der Waals surface area contributed by atoms with Gasteiger partial charge in [0, 0.05) is 12.6 Å². The van der Waals surface area contributed by atoms with Crippen LogP contribution in [0.1, 0.15) is 6.42 Å². The van der Waals surface area contributed by atoms with Crippen LogP contribution in [0.25, 0.3) is 0 Å². The standard InChI is InChI=1S/C13H11F2N/c14-13(15)8-6-11(7-9-13)10-16-12-4-2-1-3-5-12/h1-8,10H,9H2. The van der Waals surface area contributed by atoms with Crippen LogP contribution in [0.2, 0.25) is 0 Å². The molecule has 0 fully saturated rings. The van der Waals surface area contributed by atoms with Gasteiger partial charge in [0.05, 0.1) is 5.69 Å². The first-order valence-electron chi connectivity index (χ1n) is 5.02. The molecule has 82 valence electrons. The van der Waals surface area contributed by atoms with Gasteiger partial charge in [-0.15, -0.1) is 0 Å². The Bertz CT molecular complexity index is 444. The summed E-state index contributed by atoms with van der Waals surface area (Å²) in [5.74, 6) is -2.70. The average molecular weight is 219 g/mol. The molecule has 0 amide bonds. The number of aliphatic imine (C=N–C) groups is 1. The summed E-state index contributed by atoms with van der Waals surface area (Å²) in [7, 11) is 0. The van der Waals surface area contributed by atoms with Crippen molar-refractivity contribution in [3.8, 4) is 0 Å². The highest BCUT2D eigenvalue weighted by Crippen LogP contribution is 2.25. The second-order valence-electron chi connectivity index (χ2n) is 3.60. The van der Waals surface area contributed by atoms with Gasteiger partial charge >= 0.3 is 0 Å². The van der Waals surface area contributed by atoms with Gasteiger partial charge in [-0.05, 0) is 23.8 Å². The summed E-state index contributed by atoms with van der Waals surface area (Å²) >= 11 is 0. The molecule has 0 saturated carbocycles. The predicted octanol–water partition coefficient (Wildman–Crippen LogP) is 3.91. The summed E-state index contributed by atoms with van der Waals surface area (Å²) < 4.78 is 25.5. The minimum absolute atomic E-state index is 0.250. The molecule has 1 nitrogen and oxygen atoms in total. The molecule has 0 heterocycles. The van der Waals surface area contributed by atoms with E-state index in [0.29, 0.717) is 0 Å². The molecule has 1 aromatic carbocycles. The Hall–Kier alpha value is -1.77. The van der Waals surface area contributed by atoms with Gasteiger partial charge in [0.1, 0.15) is 0 Å². The van der Waals surface area contributed by atoms with E-state index in [1.807, 2.05) is 30.3 Å². The summed E-state index contributed by atoms with van der Waals surface area (Å²) in [5, 5.41) is 0. The molecule has 1 aliphatic rings. The van der Waals surface area contributed by atoms with Gasteiger partial charge in [-0.25, -0.2) is 8.78 Å². The molecular weight excluding hydrogens is 208 g/mol. The maximum atomic E-state index is 12.8. The number of hydrogen-bond donors (Lipinski definition) is 0. The van der Waals surface area contributed by atoms with Crippen molar-refractivity contribution < 1.29 is 8.78 Å². The Morgan fingerprint density at radius 2 is 1.94 bits per heavy atom. The van der Waals surface area contributed by atoms with Crippen LogP contribution in [0.3, 0.4) is 0 Å². The quantitative estimate of drug-likeness (QED) is 0.669. The second kappa shape index (κ2) is 4.39. The third-order valence-corrected chi connectivity index (χ3v) is 2.25. The van der Waals surface area contributed by atoms with Crippen molar-refractivity contribution >= 4 is 11.9 Å². The van der Waals surface area contributed by atoms with E-state index in [0.717, 1.165) is 17.3 Å². The van der Waals surface area contributed by atoms with Crippen molar-refractivity contribution in [2.24, 2.45) is 4.99 Å². The molecule has 0 radical (unpaired) electrons.